The molecular weight excluding hydrogens is 306 g/mol. The van der Waals surface area contributed by atoms with Crippen LogP contribution in [0.25, 0.3) is 0 Å². The Morgan fingerprint density at radius 3 is 2.65 bits per heavy atom. The Bertz CT molecular complexity index is 694. The highest BCUT2D eigenvalue weighted by molar-refractivity contribution is 7.89. The molecule has 20 heavy (non-hydrogen) atoms. The largest absolute Gasteiger partial charge is 0.290 e. The van der Waals surface area contributed by atoms with Crippen molar-refractivity contribution in [2.45, 2.75) is 23.8 Å². The fourth-order valence-electron chi connectivity index (χ4n) is 1.75. The van der Waals surface area contributed by atoms with Gasteiger partial charge in [0, 0.05) is 11.1 Å². The summed E-state index contributed by atoms with van der Waals surface area (Å²) in [6.45, 7) is 0. The Balaban J connectivity index is 2.39. The van der Waals surface area contributed by atoms with Crippen LogP contribution in [0.15, 0.2) is 23.1 Å². The first kappa shape index (κ1) is 14.7. The van der Waals surface area contributed by atoms with Gasteiger partial charge in [0.05, 0.1) is 11.0 Å². The quantitative estimate of drug-likeness (QED) is 0.657. The van der Waals surface area contributed by atoms with Crippen LogP contribution in [0.2, 0.25) is 5.02 Å². The van der Waals surface area contributed by atoms with Crippen molar-refractivity contribution in [3.05, 3.63) is 33.3 Å². The molecule has 1 aromatic rings. The zero-order valence-electron chi connectivity index (χ0n) is 10.1. The standard InChI is InChI=1S/C11H10ClN3O4S/c12-8-3-4-11(10(5-8)15(16)17)20(18,19)14-9(6-13)7-1-2-7/h3-5,7,9,14H,1-2H2. The number of halogens is 1. The Hall–Kier alpha value is -1.69. The van der Waals surface area contributed by atoms with Crippen LogP contribution in [-0.4, -0.2) is 19.4 Å². The van der Waals surface area contributed by atoms with E-state index in [2.05, 4.69) is 4.72 Å². The molecule has 0 spiro atoms. The molecule has 0 radical (unpaired) electrons. The summed E-state index contributed by atoms with van der Waals surface area (Å²) in [6.07, 6.45) is 1.53. The van der Waals surface area contributed by atoms with Crippen molar-refractivity contribution >= 4 is 27.3 Å². The number of nitrogens with one attached hydrogen (secondary N) is 1. The van der Waals surface area contributed by atoms with Crippen molar-refractivity contribution in [2.75, 3.05) is 0 Å². The summed E-state index contributed by atoms with van der Waals surface area (Å²) in [7, 11) is -4.14. The number of sulfonamides is 1. The van der Waals surface area contributed by atoms with Gasteiger partial charge in [-0.05, 0) is 30.9 Å². The SMILES string of the molecule is N#CC(NS(=O)(=O)c1ccc(Cl)cc1[N+](=O)[O-])C1CC1. The first-order valence-corrected chi connectivity index (χ1v) is 7.57. The van der Waals surface area contributed by atoms with E-state index in [1.165, 1.54) is 6.07 Å². The van der Waals surface area contributed by atoms with Gasteiger partial charge >= 0.3 is 0 Å². The zero-order chi connectivity index (χ0) is 14.9. The molecule has 9 heteroatoms. The molecule has 1 aliphatic carbocycles. The maximum Gasteiger partial charge on any atom is 0.290 e. The third-order valence-electron chi connectivity index (χ3n) is 2.92. The van der Waals surface area contributed by atoms with Gasteiger partial charge in [-0.3, -0.25) is 10.1 Å². The molecule has 0 saturated heterocycles. The van der Waals surface area contributed by atoms with Crippen molar-refractivity contribution in [3.8, 4) is 6.07 Å². The van der Waals surface area contributed by atoms with E-state index in [0.717, 1.165) is 25.0 Å². The second-order valence-electron chi connectivity index (χ2n) is 4.43. The highest BCUT2D eigenvalue weighted by atomic mass is 35.5. The molecule has 1 saturated carbocycles. The Morgan fingerprint density at radius 2 is 2.15 bits per heavy atom. The van der Waals surface area contributed by atoms with E-state index in [0.29, 0.717) is 0 Å². The minimum absolute atomic E-state index is 0.0267. The second kappa shape index (κ2) is 5.36. The number of hydrogen-bond donors (Lipinski definition) is 1. The highest BCUT2D eigenvalue weighted by Crippen LogP contribution is 2.34. The minimum Gasteiger partial charge on any atom is -0.258 e. The second-order valence-corrected chi connectivity index (χ2v) is 6.55. The maximum atomic E-state index is 12.2. The molecular formula is C11H10ClN3O4S. The molecule has 7 nitrogen and oxygen atoms in total. The predicted octanol–water partition coefficient (Wildman–Crippen LogP) is 1.83. The van der Waals surface area contributed by atoms with Gasteiger partial charge in [-0.25, -0.2) is 8.42 Å². The van der Waals surface area contributed by atoms with Crippen molar-refractivity contribution in [2.24, 2.45) is 5.92 Å². The van der Waals surface area contributed by atoms with Crippen molar-refractivity contribution in [3.63, 3.8) is 0 Å². The molecule has 1 atom stereocenters. The van der Waals surface area contributed by atoms with E-state index in [9.17, 15) is 18.5 Å². The van der Waals surface area contributed by atoms with Gasteiger partial charge in [0.25, 0.3) is 5.69 Å². The number of nitro benzene ring substituents is 1. The van der Waals surface area contributed by atoms with Gasteiger partial charge in [0.1, 0.15) is 6.04 Å². The molecule has 0 bridgehead atoms. The molecule has 2 rings (SSSR count). The molecule has 1 aliphatic rings. The number of benzene rings is 1. The number of hydrogen-bond acceptors (Lipinski definition) is 5. The topological polar surface area (TPSA) is 113 Å². The van der Waals surface area contributed by atoms with E-state index in [4.69, 9.17) is 16.9 Å². The van der Waals surface area contributed by atoms with Gasteiger partial charge in [-0.15, -0.1) is 0 Å². The predicted molar refractivity (Wildman–Crippen MR) is 70.6 cm³/mol. The molecule has 1 aromatic carbocycles. The van der Waals surface area contributed by atoms with Crippen LogP contribution in [0, 0.1) is 27.4 Å². The number of nitrogens with zero attached hydrogens (tertiary/aromatic N) is 2. The van der Waals surface area contributed by atoms with Crippen LogP contribution < -0.4 is 4.72 Å². The van der Waals surface area contributed by atoms with Gasteiger partial charge in [0.15, 0.2) is 4.90 Å². The van der Waals surface area contributed by atoms with Crippen molar-refractivity contribution in [1.82, 2.24) is 4.72 Å². The zero-order valence-corrected chi connectivity index (χ0v) is 11.7. The molecule has 1 N–H and O–H groups in total. The lowest BCUT2D eigenvalue weighted by atomic mass is 10.2. The Labute approximate surface area is 120 Å². The summed E-state index contributed by atoms with van der Waals surface area (Å²) in [5.41, 5.74) is -0.613. The maximum absolute atomic E-state index is 12.2. The van der Waals surface area contributed by atoms with E-state index >= 15 is 0 Å². The third-order valence-corrected chi connectivity index (χ3v) is 4.65. The lowest BCUT2D eigenvalue weighted by molar-refractivity contribution is -0.387. The lowest BCUT2D eigenvalue weighted by Crippen LogP contribution is -2.35. The van der Waals surface area contributed by atoms with Gasteiger partial charge in [0.2, 0.25) is 10.0 Å². The van der Waals surface area contributed by atoms with E-state index in [1.54, 1.807) is 0 Å². The van der Waals surface area contributed by atoms with Crippen LogP contribution in [0.1, 0.15) is 12.8 Å². The van der Waals surface area contributed by atoms with E-state index < -0.39 is 31.6 Å². The van der Waals surface area contributed by atoms with Crippen molar-refractivity contribution in [1.29, 1.82) is 5.26 Å². The summed E-state index contributed by atoms with van der Waals surface area (Å²) in [5, 5.41) is 19.9. The third kappa shape index (κ3) is 3.07. The number of rotatable bonds is 5. The van der Waals surface area contributed by atoms with Crippen LogP contribution in [0.3, 0.4) is 0 Å². The molecule has 0 aromatic heterocycles. The highest BCUT2D eigenvalue weighted by Gasteiger charge is 2.36. The average molecular weight is 316 g/mol. The van der Waals surface area contributed by atoms with Crippen LogP contribution >= 0.6 is 11.6 Å². The number of nitriles is 1. The first-order valence-electron chi connectivity index (χ1n) is 5.71. The molecule has 0 aliphatic heterocycles. The van der Waals surface area contributed by atoms with Crippen LogP contribution in [-0.2, 0) is 10.0 Å². The summed E-state index contributed by atoms with van der Waals surface area (Å²) >= 11 is 5.63. The lowest BCUT2D eigenvalue weighted by Gasteiger charge is -2.11. The summed E-state index contributed by atoms with van der Waals surface area (Å²) in [5.74, 6) is -0.0267. The van der Waals surface area contributed by atoms with Crippen molar-refractivity contribution < 1.29 is 13.3 Å². The molecule has 1 fully saturated rings. The molecule has 1 unspecified atom stereocenters. The Kier molecular flexibility index (Phi) is 3.94. The van der Waals surface area contributed by atoms with E-state index in [1.807, 2.05) is 6.07 Å². The summed E-state index contributed by atoms with van der Waals surface area (Å²) < 4.78 is 26.5. The Morgan fingerprint density at radius 1 is 1.50 bits per heavy atom. The normalized spacial score (nSPS) is 16.4. The summed E-state index contributed by atoms with van der Waals surface area (Å²) in [6, 6.07) is 4.28. The molecule has 0 amide bonds. The van der Waals surface area contributed by atoms with E-state index in [-0.39, 0.29) is 10.9 Å². The van der Waals surface area contributed by atoms with Gasteiger partial charge in [-0.1, -0.05) is 11.6 Å². The van der Waals surface area contributed by atoms with Crippen LogP contribution in [0.5, 0.6) is 0 Å². The fraction of sp³-hybridized carbons (Fsp3) is 0.364. The summed E-state index contributed by atoms with van der Waals surface area (Å²) in [4.78, 5) is 9.60. The smallest absolute Gasteiger partial charge is 0.258 e. The monoisotopic (exact) mass is 315 g/mol. The molecule has 106 valence electrons. The minimum atomic E-state index is -4.14. The van der Waals surface area contributed by atoms with Gasteiger partial charge < -0.3 is 0 Å². The first-order chi connectivity index (χ1) is 9.35. The number of nitro groups is 1. The average Bonchev–Trinajstić information content (AvgIpc) is 3.19. The van der Waals surface area contributed by atoms with Crippen LogP contribution in [0.4, 0.5) is 5.69 Å². The fourth-order valence-corrected chi connectivity index (χ4v) is 3.28. The molecule has 0 heterocycles. The van der Waals surface area contributed by atoms with Gasteiger partial charge in [-0.2, -0.15) is 9.98 Å².